The van der Waals surface area contributed by atoms with E-state index in [1.165, 1.54) is 42.1 Å². The van der Waals surface area contributed by atoms with Gasteiger partial charge in [0.15, 0.2) is 5.82 Å². The van der Waals surface area contributed by atoms with Crippen LogP contribution in [0.4, 0.5) is 5.69 Å². The molecule has 2 aliphatic rings. The highest BCUT2D eigenvalue weighted by atomic mass is 16.3. The van der Waals surface area contributed by atoms with E-state index in [2.05, 4.69) is 49.3 Å². The summed E-state index contributed by atoms with van der Waals surface area (Å²) >= 11 is 0. The highest BCUT2D eigenvalue weighted by Gasteiger charge is 2.26. The molecule has 10 heteroatoms. The lowest BCUT2D eigenvalue weighted by molar-refractivity contribution is 0.105. The number of hydrogen-bond acceptors (Lipinski definition) is 9. The topological polar surface area (TPSA) is 110 Å². The standard InChI is InChI=1S/C28H37N7O3/c1-19(2)23-15-24(26(36)16-25(23)31-38)27-29-30-28(37)35(27)21-8-6-20(7-9-21)17-33-11-13-34(14-12-33)18-22-5-4-10-32(22)3/h6-9,15-16,19,22,36H,4-5,10-14,17-18H2,1-3H3,(H,30,37)/t22-/m1/s1. The van der Waals surface area contributed by atoms with Crippen molar-refractivity contribution in [3.8, 4) is 28.8 Å². The molecule has 3 aromatic rings. The van der Waals surface area contributed by atoms with Gasteiger partial charge in [0.1, 0.15) is 11.4 Å². The van der Waals surface area contributed by atoms with E-state index in [4.69, 9.17) is 0 Å². The summed E-state index contributed by atoms with van der Waals surface area (Å²) in [6.07, 6.45) is 2.63. The van der Waals surface area contributed by atoms with Crippen LogP contribution in [0.5, 0.6) is 11.8 Å². The summed E-state index contributed by atoms with van der Waals surface area (Å²) in [7, 11) is 2.24. The lowest BCUT2D eigenvalue weighted by Crippen LogP contribution is -2.49. The number of aromatic nitrogens is 3. The predicted octanol–water partition coefficient (Wildman–Crippen LogP) is 4.08. The van der Waals surface area contributed by atoms with Crippen LogP contribution in [0, 0.1) is 4.91 Å². The number of likely N-dealkylation sites (tertiary alicyclic amines) is 1. The minimum Gasteiger partial charge on any atom is -0.507 e. The number of benzene rings is 2. The quantitative estimate of drug-likeness (QED) is 0.429. The van der Waals surface area contributed by atoms with Gasteiger partial charge in [-0.05, 0) is 66.9 Å². The predicted molar refractivity (Wildman–Crippen MR) is 147 cm³/mol. The molecule has 2 aromatic carbocycles. The van der Waals surface area contributed by atoms with Crippen LogP contribution in [0.25, 0.3) is 17.1 Å². The molecule has 0 bridgehead atoms. The summed E-state index contributed by atoms with van der Waals surface area (Å²) in [6.45, 7) is 11.5. The van der Waals surface area contributed by atoms with Crippen molar-refractivity contribution in [3.05, 3.63) is 52.4 Å². The normalized spacial score (nSPS) is 19.4. The van der Waals surface area contributed by atoms with E-state index in [0.717, 1.165) is 32.7 Å². The van der Waals surface area contributed by atoms with Crippen LogP contribution in [0.2, 0.25) is 0 Å². The fraction of sp³-hybridized carbons (Fsp3) is 0.500. The lowest BCUT2D eigenvalue weighted by atomic mass is 9.97. The van der Waals surface area contributed by atoms with Gasteiger partial charge in [0, 0.05) is 51.4 Å². The van der Waals surface area contributed by atoms with Crippen molar-refractivity contribution in [2.75, 3.05) is 46.3 Å². The third-order valence-corrected chi connectivity index (χ3v) is 7.96. The summed E-state index contributed by atoms with van der Waals surface area (Å²) in [6, 6.07) is 11.4. The van der Waals surface area contributed by atoms with E-state index in [9.17, 15) is 15.1 Å². The number of phenols is 1. The molecular formula is C28H37N7O3. The van der Waals surface area contributed by atoms with Crippen LogP contribution in [0.3, 0.4) is 0 Å². The van der Waals surface area contributed by atoms with E-state index in [1.54, 1.807) is 6.07 Å². The zero-order chi connectivity index (χ0) is 26.8. The summed E-state index contributed by atoms with van der Waals surface area (Å²) in [4.78, 5) is 18.8. The summed E-state index contributed by atoms with van der Waals surface area (Å²) in [5.74, 6) is 0.154. The monoisotopic (exact) mass is 519 g/mol. The molecule has 1 aromatic heterocycles. The number of likely N-dealkylation sites (N-methyl/N-ethyl adjacent to an activating group) is 1. The Balaban J connectivity index is 1.28. The number of piperazine rings is 1. The molecule has 0 aliphatic carbocycles. The van der Waals surface area contributed by atoms with Gasteiger partial charge in [0.25, 0.3) is 0 Å². The molecule has 202 valence electrons. The molecule has 0 saturated carbocycles. The van der Waals surface area contributed by atoms with Gasteiger partial charge in [-0.25, -0.2) is 4.57 Å². The molecule has 0 amide bonds. The van der Waals surface area contributed by atoms with Crippen molar-refractivity contribution >= 4 is 5.69 Å². The highest BCUT2D eigenvalue weighted by Crippen LogP contribution is 2.39. The average Bonchev–Trinajstić information content (AvgIpc) is 3.50. The molecule has 2 N–H and O–H groups in total. The summed E-state index contributed by atoms with van der Waals surface area (Å²) in [5, 5.41) is 32.2. The van der Waals surface area contributed by atoms with Crippen LogP contribution in [0.15, 0.2) is 41.6 Å². The first kappa shape index (κ1) is 26.3. The number of rotatable bonds is 8. The van der Waals surface area contributed by atoms with E-state index >= 15 is 0 Å². The van der Waals surface area contributed by atoms with E-state index in [-0.39, 0.29) is 29.2 Å². The fourth-order valence-electron chi connectivity index (χ4n) is 5.65. The minimum atomic E-state index is -0.278. The van der Waals surface area contributed by atoms with Crippen molar-refractivity contribution in [1.82, 2.24) is 29.5 Å². The molecule has 0 spiro atoms. The number of aromatic hydroxyl groups is 2. The number of phenolic OH excluding ortho intramolecular Hbond substituents is 1. The zero-order valence-electron chi connectivity index (χ0n) is 22.4. The first-order chi connectivity index (χ1) is 18.3. The molecule has 2 saturated heterocycles. The first-order valence-corrected chi connectivity index (χ1v) is 13.4. The van der Waals surface area contributed by atoms with Crippen LogP contribution in [-0.4, -0.2) is 92.0 Å². The van der Waals surface area contributed by atoms with Gasteiger partial charge in [-0.2, -0.15) is 0 Å². The highest BCUT2D eigenvalue weighted by molar-refractivity contribution is 5.72. The summed E-state index contributed by atoms with van der Waals surface area (Å²) in [5.41, 5.74) is 3.12. The Morgan fingerprint density at radius 3 is 2.34 bits per heavy atom. The van der Waals surface area contributed by atoms with Gasteiger partial charge < -0.3 is 15.1 Å². The Kier molecular flexibility index (Phi) is 7.73. The third-order valence-electron chi connectivity index (χ3n) is 7.96. The maximum Gasteiger partial charge on any atom is 0.319 e. The van der Waals surface area contributed by atoms with Gasteiger partial charge >= 0.3 is 6.01 Å². The molecule has 1 atom stereocenters. The van der Waals surface area contributed by atoms with E-state index < -0.39 is 0 Å². The van der Waals surface area contributed by atoms with Gasteiger partial charge in [0.2, 0.25) is 0 Å². The van der Waals surface area contributed by atoms with Crippen LogP contribution in [0.1, 0.15) is 43.7 Å². The van der Waals surface area contributed by atoms with Crippen molar-refractivity contribution in [1.29, 1.82) is 0 Å². The van der Waals surface area contributed by atoms with E-state index in [0.29, 0.717) is 22.9 Å². The second-order valence-electron chi connectivity index (χ2n) is 10.9. The van der Waals surface area contributed by atoms with E-state index in [1.807, 2.05) is 26.0 Å². The fourth-order valence-corrected chi connectivity index (χ4v) is 5.65. The second kappa shape index (κ2) is 11.2. The molecule has 2 aliphatic heterocycles. The largest absolute Gasteiger partial charge is 0.507 e. The molecule has 38 heavy (non-hydrogen) atoms. The lowest BCUT2D eigenvalue weighted by Gasteiger charge is -2.37. The number of nitroso groups, excluding NO2 is 1. The average molecular weight is 520 g/mol. The molecule has 2 fully saturated rings. The zero-order valence-corrected chi connectivity index (χ0v) is 22.4. The Labute approximate surface area is 223 Å². The van der Waals surface area contributed by atoms with Crippen molar-refractivity contribution in [3.63, 3.8) is 0 Å². The minimum absolute atomic E-state index is 0.0113. The molecule has 5 rings (SSSR count). The van der Waals surface area contributed by atoms with Crippen LogP contribution < -0.4 is 0 Å². The smallest absolute Gasteiger partial charge is 0.319 e. The number of nitrogens with zero attached hydrogens (tertiary/aromatic N) is 7. The Hall–Kier alpha value is -3.34. The van der Waals surface area contributed by atoms with Gasteiger partial charge in [-0.3, -0.25) is 9.80 Å². The third kappa shape index (κ3) is 5.43. The molecule has 0 radical (unpaired) electrons. The first-order valence-electron chi connectivity index (χ1n) is 13.4. The Morgan fingerprint density at radius 1 is 1.00 bits per heavy atom. The molecule has 0 unspecified atom stereocenters. The maximum absolute atomic E-state index is 11.3. The van der Waals surface area contributed by atoms with Crippen LogP contribution >= 0.6 is 0 Å². The Bertz CT molecular complexity index is 1270. The van der Waals surface area contributed by atoms with Crippen molar-refractivity contribution in [2.45, 2.75) is 45.2 Å². The molecular weight excluding hydrogens is 482 g/mol. The molecule has 3 heterocycles. The van der Waals surface area contributed by atoms with Crippen molar-refractivity contribution in [2.24, 2.45) is 5.18 Å². The van der Waals surface area contributed by atoms with Gasteiger partial charge in [-0.1, -0.05) is 31.1 Å². The Morgan fingerprint density at radius 2 is 1.71 bits per heavy atom. The van der Waals surface area contributed by atoms with Crippen molar-refractivity contribution < 1.29 is 10.2 Å². The number of hydrogen-bond donors (Lipinski definition) is 2. The summed E-state index contributed by atoms with van der Waals surface area (Å²) < 4.78 is 1.50. The second-order valence-corrected chi connectivity index (χ2v) is 10.9. The van der Waals surface area contributed by atoms with Crippen LogP contribution in [-0.2, 0) is 6.54 Å². The maximum atomic E-state index is 11.3. The molecule has 10 nitrogen and oxygen atoms in total. The SMILES string of the molecule is CC(C)c1cc(-c2nnc(O)n2-c2ccc(CN3CCN(C[C@H]4CCCN4C)CC3)cc2)c(O)cc1N=O. The van der Waals surface area contributed by atoms with Gasteiger partial charge in [0.05, 0.1) is 11.3 Å². The van der Waals surface area contributed by atoms with Gasteiger partial charge in [-0.15, -0.1) is 10.0 Å².